The molecule has 1 aromatic rings. The minimum Gasteiger partial charge on any atom is -0.393 e. The van der Waals surface area contributed by atoms with Gasteiger partial charge in [-0.05, 0) is 50.3 Å². The van der Waals surface area contributed by atoms with Gasteiger partial charge in [0, 0.05) is 6.04 Å². The summed E-state index contributed by atoms with van der Waals surface area (Å²) in [6.45, 7) is 2.77. The number of aliphatic hydroxyl groups is 1. The predicted octanol–water partition coefficient (Wildman–Crippen LogP) is 1.90. The van der Waals surface area contributed by atoms with Gasteiger partial charge in [-0.25, -0.2) is 0 Å². The van der Waals surface area contributed by atoms with Crippen LogP contribution in [0.2, 0.25) is 0 Å². The van der Waals surface area contributed by atoms with Crippen LogP contribution in [0.25, 0.3) is 0 Å². The lowest BCUT2D eigenvalue weighted by atomic mass is 9.88. The van der Waals surface area contributed by atoms with Crippen molar-refractivity contribution in [1.82, 2.24) is 5.32 Å². The Morgan fingerprint density at radius 3 is 2.88 bits per heavy atom. The molecule has 0 aliphatic heterocycles. The van der Waals surface area contributed by atoms with Gasteiger partial charge < -0.3 is 10.4 Å². The zero-order chi connectivity index (χ0) is 11.4. The summed E-state index contributed by atoms with van der Waals surface area (Å²) < 4.78 is 0. The van der Waals surface area contributed by atoms with Gasteiger partial charge in [-0.3, -0.25) is 0 Å². The van der Waals surface area contributed by atoms with Crippen LogP contribution in [0.1, 0.15) is 30.9 Å². The molecule has 0 saturated carbocycles. The standard InChI is InChI=1S/C14H21NO/c1-11(16)8-9-15-14-7-6-12-4-2-3-5-13(12)10-14/h2-5,11,14-16H,6-10H2,1H3. The quantitative estimate of drug-likeness (QED) is 0.810. The van der Waals surface area contributed by atoms with E-state index in [4.69, 9.17) is 0 Å². The fourth-order valence-corrected chi connectivity index (χ4v) is 2.37. The summed E-state index contributed by atoms with van der Waals surface area (Å²) in [6.07, 6.45) is 4.19. The molecule has 2 N–H and O–H groups in total. The first-order chi connectivity index (χ1) is 7.75. The molecule has 0 radical (unpaired) electrons. The van der Waals surface area contributed by atoms with E-state index in [1.54, 1.807) is 0 Å². The molecule has 2 unspecified atom stereocenters. The van der Waals surface area contributed by atoms with E-state index in [2.05, 4.69) is 29.6 Å². The molecule has 0 fully saturated rings. The Labute approximate surface area is 97.7 Å². The zero-order valence-corrected chi connectivity index (χ0v) is 9.95. The third-order valence-corrected chi connectivity index (χ3v) is 3.34. The van der Waals surface area contributed by atoms with Crippen molar-refractivity contribution in [2.24, 2.45) is 0 Å². The molecule has 2 nitrogen and oxygen atoms in total. The molecule has 0 amide bonds. The summed E-state index contributed by atoms with van der Waals surface area (Å²) in [5, 5.41) is 12.7. The van der Waals surface area contributed by atoms with E-state index in [1.807, 2.05) is 6.92 Å². The molecule has 88 valence electrons. The van der Waals surface area contributed by atoms with Gasteiger partial charge in [-0.15, -0.1) is 0 Å². The lowest BCUT2D eigenvalue weighted by molar-refractivity contribution is 0.181. The monoisotopic (exact) mass is 219 g/mol. The van der Waals surface area contributed by atoms with Gasteiger partial charge >= 0.3 is 0 Å². The zero-order valence-electron chi connectivity index (χ0n) is 9.95. The average molecular weight is 219 g/mol. The average Bonchev–Trinajstić information content (AvgIpc) is 2.28. The molecule has 16 heavy (non-hydrogen) atoms. The van der Waals surface area contributed by atoms with Crippen LogP contribution in [0.3, 0.4) is 0 Å². The Balaban J connectivity index is 1.83. The Morgan fingerprint density at radius 1 is 1.38 bits per heavy atom. The highest BCUT2D eigenvalue weighted by Crippen LogP contribution is 2.20. The van der Waals surface area contributed by atoms with E-state index in [9.17, 15) is 5.11 Å². The summed E-state index contributed by atoms with van der Waals surface area (Å²) in [5.41, 5.74) is 3.00. The van der Waals surface area contributed by atoms with Crippen LogP contribution in [0.4, 0.5) is 0 Å². The molecule has 0 bridgehead atoms. The van der Waals surface area contributed by atoms with Crippen molar-refractivity contribution in [2.75, 3.05) is 6.54 Å². The van der Waals surface area contributed by atoms with Gasteiger partial charge in [-0.2, -0.15) is 0 Å². The van der Waals surface area contributed by atoms with Crippen LogP contribution < -0.4 is 5.32 Å². The fraction of sp³-hybridized carbons (Fsp3) is 0.571. The topological polar surface area (TPSA) is 32.3 Å². The third kappa shape index (κ3) is 3.06. The van der Waals surface area contributed by atoms with Gasteiger partial charge in [0.05, 0.1) is 6.10 Å². The summed E-state index contributed by atoms with van der Waals surface area (Å²) in [4.78, 5) is 0. The van der Waals surface area contributed by atoms with Gasteiger partial charge in [0.25, 0.3) is 0 Å². The number of fused-ring (bicyclic) bond motifs is 1. The van der Waals surface area contributed by atoms with E-state index in [0.29, 0.717) is 6.04 Å². The molecular formula is C14H21NO. The van der Waals surface area contributed by atoms with E-state index >= 15 is 0 Å². The molecule has 2 heteroatoms. The van der Waals surface area contributed by atoms with Crippen molar-refractivity contribution in [3.05, 3.63) is 35.4 Å². The minimum absolute atomic E-state index is 0.191. The van der Waals surface area contributed by atoms with Gasteiger partial charge in [0.2, 0.25) is 0 Å². The number of hydrogen-bond acceptors (Lipinski definition) is 2. The highest BCUT2D eigenvalue weighted by molar-refractivity contribution is 5.30. The number of rotatable bonds is 4. The molecule has 2 rings (SSSR count). The minimum atomic E-state index is -0.191. The number of hydrogen-bond donors (Lipinski definition) is 2. The highest BCUT2D eigenvalue weighted by atomic mass is 16.3. The Kier molecular flexibility index (Phi) is 3.97. The summed E-state index contributed by atoms with van der Waals surface area (Å²) >= 11 is 0. The van der Waals surface area contributed by atoms with Gasteiger partial charge in [0.1, 0.15) is 0 Å². The Morgan fingerprint density at radius 2 is 2.12 bits per heavy atom. The van der Waals surface area contributed by atoms with Crippen LogP contribution in [0.5, 0.6) is 0 Å². The number of aliphatic hydroxyl groups excluding tert-OH is 1. The number of benzene rings is 1. The Hall–Kier alpha value is -0.860. The van der Waals surface area contributed by atoms with E-state index in [0.717, 1.165) is 19.4 Å². The normalized spacial score (nSPS) is 21.5. The lowest BCUT2D eigenvalue weighted by Gasteiger charge is -2.25. The molecule has 0 saturated heterocycles. The number of aryl methyl sites for hydroxylation is 1. The van der Waals surface area contributed by atoms with Gasteiger partial charge in [-0.1, -0.05) is 24.3 Å². The summed E-state index contributed by atoms with van der Waals surface area (Å²) in [5.74, 6) is 0. The SMILES string of the molecule is CC(O)CCNC1CCc2ccccc2C1. The maximum Gasteiger partial charge on any atom is 0.0524 e. The van der Waals surface area contributed by atoms with Crippen LogP contribution in [0.15, 0.2) is 24.3 Å². The number of nitrogens with one attached hydrogen (secondary N) is 1. The summed E-state index contributed by atoms with van der Waals surface area (Å²) in [7, 11) is 0. The lowest BCUT2D eigenvalue weighted by Crippen LogP contribution is -2.36. The summed E-state index contributed by atoms with van der Waals surface area (Å²) in [6, 6.07) is 9.31. The van der Waals surface area contributed by atoms with Crippen LogP contribution in [-0.4, -0.2) is 23.8 Å². The molecule has 0 heterocycles. The molecule has 1 aliphatic carbocycles. The third-order valence-electron chi connectivity index (χ3n) is 3.34. The molecule has 1 aliphatic rings. The predicted molar refractivity (Wildman–Crippen MR) is 66.6 cm³/mol. The Bertz CT molecular complexity index is 335. The second-order valence-electron chi connectivity index (χ2n) is 4.80. The van der Waals surface area contributed by atoms with Crippen LogP contribution >= 0.6 is 0 Å². The second kappa shape index (κ2) is 5.46. The molecule has 0 aromatic heterocycles. The van der Waals surface area contributed by atoms with E-state index < -0.39 is 0 Å². The molecule has 1 aromatic carbocycles. The van der Waals surface area contributed by atoms with Gasteiger partial charge in [0.15, 0.2) is 0 Å². The molecule has 0 spiro atoms. The van der Waals surface area contributed by atoms with Crippen molar-refractivity contribution in [2.45, 2.75) is 44.8 Å². The smallest absolute Gasteiger partial charge is 0.0524 e. The second-order valence-corrected chi connectivity index (χ2v) is 4.80. The van der Waals surface area contributed by atoms with E-state index in [1.165, 1.54) is 24.0 Å². The van der Waals surface area contributed by atoms with Crippen LogP contribution in [0, 0.1) is 0 Å². The van der Waals surface area contributed by atoms with Crippen molar-refractivity contribution in [1.29, 1.82) is 0 Å². The fourth-order valence-electron chi connectivity index (χ4n) is 2.37. The van der Waals surface area contributed by atoms with Crippen LogP contribution in [-0.2, 0) is 12.8 Å². The molecular weight excluding hydrogens is 198 g/mol. The first-order valence-electron chi connectivity index (χ1n) is 6.24. The van der Waals surface area contributed by atoms with E-state index in [-0.39, 0.29) is 6.10 Å². The highest BCUT2D eigenvalue weighted by Gasteiger charge is 2.17. The largest absolute Gasteiger partial charge is 0.393 e. The van der Waals surface area contributed by atoms with Crippen molar-refractivity contribution in [3.8, 4) is 0 Å². The first kappa shape index (κ1) is 11.6. The van der Waals surface area contributed by atoms with Crippen molar-refractivity contribution in [3.63, 3.8) is 0 Å². The van der Waals surface area contributed by atoms with Crippen molar-refractivity contribution >= 4 is 0 Å². The van der Waals surface area contributed by atoms with Crippen molar-refractivity contribution < 1.29 is 5.11 Å². The first-order valence-corrected chi connectivity index (χ1v) is 6.24. The maximum absolute atomic E-state index is 9.20. The maximum atomic E-state index is 9.20. The molecule has 2 atom stereocenters.